The van der Waals surface area contributed by atoms with Crippen LogP contribution in [0.5, 0.6) is 17.2 Å². The van der Waals surface area contributed by atoms with Crippen molar-refractivity contribution in [1.82, 2.24) is 0 Å². The Morgan fingerprint density at radius 2 is 1.39 bits per heavy atom. The molecule has 0 spiro atoms. The highest BCUT2D eigenvalue weighted by molar-refractivity contribution is 6.17. The fraction of sp³-hybridized carbons (Fsp3) is 0.0400. The summed E-state index contributed by atoms with van der Waals surface area (Å²) in [5.41, 5.74) is 4.09. The van der Waals surface area contributed by atoms with Gasteiger partial charge >= 0.3 is 0 Å². The van der Waals surface area contributed by atoms with Gasteiger partial charge in [-0.05, 0) is 72.3 Å². The number of benzene rings is 3. The van der Waals surface area contributed by atoms with Crippen LogP contribution in [0.3, 0.4) is 0 Å². The number of carbonyl (C=O) groups is 1. The number of aliphatic imine (C=N–C) groups is 1. The second-order valence-electron chi connectivity index (χ2n) is 7.12. The Bertz CT molecular complexity index is 1190. The fourth-order valence-corrected chi connectivity index (χ4v) is 3.15. The van der Waals surface area contributed by atoms with Crippen LogP contribution in [0.4, 0.5) is 17.1 Å². The monoisotopic (exact) mass is 412 g/mol. The number of phenolic OH excluding ortho intramolecular Hbond substituents is 3. The van der Waals surface area contributed by atoms with E-state index in [2.05, 4.69) is 10.3 Å². The first-order chi connectivity index (χ1) is 15.0. The molecule has 0 atom stereocenters. The number of carbonyl (C=O) groups excluding carboxylic acids is 1. The van der Waals surface area contributed by atoms with E-state index in [1.54, 1.807) is 66.7 Å². The summed E-state index contributed by atoms with van der Waals surface area (Å²) >= 11 is 0. The molecule has 0 bridgehead atoms. The van der Waals surface area contributed by atoms with Crippen LogP contribution in [0.1, 0.15) is 11.1 Å². The van der Waals surface area contributed by atoms with Crippen molar-refractivity contribution in [3.8, 4) is 17.2 Å². The quantitative estimate of drug-likeness (QED) is 0.352. The minimum Gasteiger partial charge on any atom is -0.508 e. The lowest BCUT2D eigenvalue weighted by atomic mass is 10.0. The maximum absolute atomic E-state index is 11.4. The summed E-state index contributed by atoms with van der Waals surface area (Å²) in [6.45, 7) is 0. The van der Waals surface area contributed by atoms with Gasteiger partial charge in [0.1, 0.15) is 17.2 Å². The van der Waals surface area contributed by atoms with Crippen LogP contribution in [0.15, 0.2) is 90.0 Å². The molecule has 1 aliphatic carbocycles. The largest absolute Gasteiger partial charge is 0.508 e. The van der Waals surface area contributed by atoms with Crippen LogP contribution in [0.2, 0.25) is 0 Å². The number of hydrogen-bond acceptors (Lipinski definition) is 6. The van der Waals surface area contributed by atoms with E-state index < -0.39 is 0 Å². The number of hydrogen-bond donors (Lipinski definition) is 4. The van der Waals surface area contributed by atoms with Crippen molar-refractivity contribution in [2.24, 2.45) is 4.99 Å². The third-order valence-electron chi connectivity index (χ3n) is 4.76. The Hall–Kier alpha value is -4.32. The molecule has 0 fully saturated rings. The first kappa shape index (κ1) is 20.0. The molecule has 0 heterocycles. The number of ketones is 1. The Labute approximate surface area is 179 Å². The van der Waals surface area contributed by atoms with E-state index in [1.165, 1.54) is 12.2 Å². The number of anilines is 2. The van der Waals surface area contributed by atoms with Crippen molar-refractivity contribution in [3.63, 3.8) is 0 Å². The van der Waals surface area contributed by atoms with Crippen LogP contribution in [0, 0.1) is 0 Å². The van der Waals surface area contributed by atoms with Crippen LogP contribution >= 0.6 is 0 Å². The first-order valence-corrected chi connectivity index (χ1v) is 9.65. The highest BCUT2D eigenvalue weighted by atomic mass is 16.3. The lowest BCUT2D eigenvalue weighted by Gasteiger charge is -2.14. The second-order valence-corrected chi connectivity index (χ2v) is 7.12. The van der Waals surface area contributed by atoms with Gasteiger partial charge in [-0.2, -0.15) is 0 Å². The molecule has 0 amide bonds. The number of phenols is 3. The number of aromatic hydroxyl groups is 3. The minimum absolute atomic E-state index is 0.0866. The Morgan fingerprint density at radius 1 is 0.774 bits per heavy atom. The number of allylic oxidation sites excluding steroid dienone is 4. The zero-order valence-electron chi connectivity index (χ0n) is 16.5. The summed E-state index contributed by atoms with van der Waals surface area (Å²) in [5, 5.41) is 32.9. The molecule has 1 aliphatic rings. The molecule has 0 radical (unpaired) electrons. The zero-order chi connectivity index (χ0) is 21.8. The fourth-order valence-electron chi connectivity index (χ4n) is 3.15. The van der Waals surface area contributed by atoms with E-state index in [1.807, 2.05) is 6.07 Å². The van der Waals surface area contributed by atoms with Gasteiger partial charge in [-0.15, -0.1) is 0 Å². The van der Waals surface area contributed by atoms with Gasteiger partial charge < -0.3 is 20.6 Å². The molecule has 0 aliphatic heterocycles. The molecule has 6 heteroatoms. The maximum atomic E-state index is 11.4. The predicted molar refractivity (Wildman–Crippen MR) is 121 cm³/mol. The Balaban J connectivity index is 1.73. The summed E-state index contributed by atoms with van der Waals surface area (Å²) in [7, 11) is 0. The molecule has 0 saturated heterocycles. The van der Waals surface area contributed by atoms with Crippen molar-refractivity contribution in [2.75, 3.05) is 5.32 Å². The lowest BCUT2D eigenvalue weighted by Crippen LogP contribution is -2.00. The van der Waals surface area contributed by atoms with Gasteiger partial charge in [-0.25, -0.2) is 4.99 Å². The molecule has 6 nitrogen and oxygen atoms in total. The van der Waals surface area contributed by atoms with E-state index in [0.717, 1.165) is 11.3 Å². The molecule has 4 rings (SSSR count). The minimum atomic E-state index is -0.103. The second kappa shape index (κ2) is 8.59. The van der Waals surface area contributed by atoms with Gasteiger partial charge in [0.05, 0.1) is 17.1 Å². The molecule has 3 aromatic carbocycles. The number of rotatable bonds is 5. The van der Waals surface area contributed by atoms with Crippen molar-refractivity contribution < 1.29 is 20.1 Å². The van der Waals surface area contributed by atoms with Gasteiger partial charge in [-0.1, -0.05) is 12.1 Å². The molecular weight excluding hydrogens is 392 g/mol. The summed E-state index contributed by atoms with van der Waals surface area (Å²) in [6.07, 6.45) is 6.57. The molecule has 3 aromatic rings. The summed E-state index contributed by atoms with van der Waals surface area (Å²) in [6, 6.07) is 16.8. The average molecular weight is 412 g/mol. The van der Waals surface area contributed by atoms with Gasteiger partial charge in [0.2, 0.25) is 0 Å². The van der Waals surface area contributed by atoms with Crippen molar-refractivity contribution >= 4 is 28.6 Å². The molecule has 0 unspecified atom stereocenters. The molecule has 0 aromatic heterocycles. The topological polar surface area (TPSA) is 102 Å². The van der Waals surface area contributed by atoms with E-state index >= 15 is 0 Å². The van der Waals surface area contributed by atoms with Gasteiger partial charge in [0, 0.05) is 23.7 Å². The summed E-state index contributed by atoms with van der Waals surface area (Å²) in [4.78, 5) is 15.9. The van der Waals surface area contributed by atoms with E-state index in [4.69, 9.17) is 0 Å². The smallest absolute Gasteiger partial charge is 0.178 e. The maximum Gasteiger partial charge on any atom is 0.178 e. The van der Waals surface area contributed by atoms with Crippen LogP contribution in [0.25, 0.3) is 0 Å². The van der Waals surface area contributed by atoms with Crippen LogP contribution in [-0.4, -0.2) is 26.8 Å². The van der Waals surface area contributed by atoms with Gasteiger partial charge in [0.15, 0.2) is 5.78 Å². The van der Waals surface area contributed by atoms with Crippen molar-refractivity contribution in [2.45, 2.75) is 6.42 Å². The number of nitrogens with zero attached hydrogens (tertiary/aromatic N) is 1. The van der Waals surface area contributed by atoms with E-state index in [0.29, 0.717) is 29.1 Å². The average Bonchev–Trinajstić information content (AvgIpc) is 2.76. The zero-order valence-corrected chi connectivity index (χ0v) is 16.5. The molecule has 4 N–H and O–H groups in total. The van der Waals surface area contributed by atoms with Crippen LogP contribution in [-0.2, 0) is 11.2 Å². The molecule has 0 saturated carbocycles. The third-order valence-corrected chi connectivity index (χ3v) is 4.76. The van der Waals surface area contributed by atoms with Gasteiger partial charge in [0.25, 0.3) is 0 Å². The number of nitrogens with one attached hydrogen (secondary N) is 1. The SMILES string of the molecule is O=C1C=CC(=Nc2cc(O)c(Cc3ccc(O)cc3)cc2Nc2ccc(O)cc2)C=C1. The van der Waals surface area contributed by atoms with Gasteiger partial charge in [-0.3, -0.25) is 4.79 Å². The standard InChI is InChI=1S/C25H20N2O4/c28-20-7-1-16(2-8-20)13-17-14-23(26-18-3-9-21(29)10-4-18)24(15-25(17)31)27-19-5-11-22(30)12-6-19/h1-12,14-15,26,28-29,31H,13H2. The third kappa shape index (κ3) is 5.00. The van der Waals surface area contributed by atoms with E-state index in [-0.39, 0.29) is 23.0 Å². The molecular formula is C25H20N2O4. The Morgan fingerprint density at radius 3 is 2.03 bits per heavy atom. The molecule has 31 heavy (non-hydrogen) atoms. The summed E-state index contributed by atoms with van der Waals surface area (Å²) in [5.74, 6) is 0.324. The highest BCUT2D eigenvalue weighted by Gasteiger charge is 2.12. The van der Waals surface area contributed by atoms with E-state index in [9.17, 15) is 20.1 Å². The first-order valence-electron chi connectivity index (χ1n) is 9.65. The highest BCUT2D eigenvalue weighted by Crippen LogP contribution is 2.36. The lowest BCUT2D eigenvalue weighted by molar-refractivity contribution is -0.110. The molecule has 154 valence electrons. The normalized spacial score (nSPS) is 12.8. The van der Waals surface area contributed by atoms with Crippen molar-refractivity contribution in [3.05, 3.63) is 96.1 Å². The summed E-state index contributed by atoms with van der Waals surface area (Å²) < 4.78 is 0. The Kier molecular flexibility index (Phi) is 5.53. The van der Waals surface area contributed by atoms with Crippen LogP contribution < -0.4 is 5.32 Å². The van der Waals surface area contributed by atoms with Crippen molar-refractivity contribution in [1.29, 1.82) is 0 Å². The predicted octanol–water partition coefficient (Wildman–Crippen LogP) is 4.91.